The van der Waals surface area contributed by atoms with E-state index in [1.165, 1.54) is 6.92 Å². The lowest BCUT2D eigenvalue weighted by atomic mass is 10.1. The van der Waals surface area contributed by atoms with E-state index < -0.39 is 5.97 Å². The third kappa shape index (κ3) is 5.51. The highest BCUT2D eigenvalue weighted by Crippen LogP contribution is 2.22. The molecule has 2 aromatic carbocycles. The van der Waals surface area contributed by atoms with Crippen LogP contribution in [0.25, 0.3) is 0 Å². The fraction of sp³-hybridized carbons (Fsp3) is 0.273. The average molecular weight is 394 g/mol. The number of nitrogens with zero attached hydrogens (tertiary/aromatic N) is 1. The number of esters is 1. The van der Waals surface area contributed by atoms with Crippen LogP contribution in [-0.2, 0) is 25.5 Å². The van der Waals surface area contributed by atoms with E-state index in [4.69, 9.17) is 4.74 Å². The molecule has 0 atom stereocenters. The zero-order valence-corrected chi connectivity index (χ0v) is 16.1. The van der Waals surface area contributed by atoms with Gasteiger partial charge in [0.1, 0.15) is 0 Å². The first-order valence-electron chi connectivity index (χ1n) is 9.38. The van der Waals surface area contributed by atoms with Gasteiger partial charge in [0.2, 0.25) is 11.8 Å². The van der Waals surface area contributed by atoms with Crippen molar-refractivity contribution in [2.45, 2.75) is 26.2 Å². The predicted molar refractivity (Wildman–Crippen MR) is 108 cm³/mol. The van der Waals surface area contributed by atoms with Crippen LogP contribution in [-0.4, -0.2) is 36.7 Å². The summed E-state index contributed by atoms with van der Waals surface area (Å²) in [7, 11) is 0. The number of hydrogen-bond acceptors (Lipinski definition) is 5. The van der Waals surface area contributed by atoms with Crippen molar-refractivity contribution in [1.82, 2.24) is 0 Å². The summed E-state index contributed by atoms with van der Waals surface area (Å²) in [6.45, 7) is 1.70. The molecule has 1 heterocycles. The summed E-state index contributed by atoms with van der Waals surface area (Å²) in [5.74, 6) is -0.969. The summed E-state index contributed by atoms with van der Waals surface area (Å²) >= 11 is 0. The second-order valence-corrected chi connectivity index (χ2v) is 6.84. The molecule has 7 nitrogen and oxygen atoms in total. The Morgan fingerprint density at radius 2 is 1.86 bits per heavy atom. The van der Waals surface area contributed by atoms with Gasteiger partial charge >= 0.3 is 5.97 Å². The third-order valence-electron chi connectivity index (χ3n) is 4.54. The number of hydrogen-bond donors (Lipinski definition) is 1. The number of carbonyl (C=O) groups excluding carboxylic acids is 4. The van der Waals surface area contributed by atoms with Gasteiger partial charge in [0.25, 0.3) is 0 Å². The van der Waals surface area contributed by atoms with Crippen molar-refractivity contribution >= 4 is 34.9 Å². The van der Waals surface area contributed by atoms with Crippen molar-refractivity contribution in [2.24, 2.45) is 0 Å². The molecule has 0 aliphatic carbocycles. The van der Waals surface area contributed by atoms with Gasteiger partial charge in [0, 0.05) is 36.8 Å². The second kappa shape index (κ2) is 9.14. The Labute approximate surface area is 168 Å². The Kier molecular flexibility index (Phi) is 6.39. The number of Topliss-reactive ketones (excluding diaryl/α,β-unsaturated/α-hetero) is 1. The van der Waals surface area contributed by atoms with Crippen LogP contribution in [0.1, 0.15) is 35.7 Å². The number of anilines is 2. The van der Waals surface area contributed by atoms with Crippen LogP contribution in [0.2, 0.25) is 0 Å². The number of amides is 2. The van der Waals surface area contributed by atoms with E-state index in [1.54, 1.807) is 53.4 Å². The molecule has 1 aliphatic rings. The number of nitrogens with one attached hydrogen (secondary N) is 1. The summed E-state index contributed by atoms with van der Waals surface area (Å²) in [6, 6.07) is 13.6. The van der Waals surface area contributed by atoms with E-state index in [0.29, 0.717) is 35.5 Å². The third-order valence-corrected chi connectivity index (χ3v) is 4.54. The first kappa shape index (κ1) is 20.3. The van der Waals surface area contributed by atoms with Gasteiger partial charge < -0.3 is 15.0 Å². The molecule has 2 aromatic rings. The molecule has 0 unspecified atom stereocenters. The molecule has 0 bridgehead atoms. The predicted octanol–water partition coefficient (Wildman–Crippen LogP) is 2.74. The Morgan fingerprint density at radius 3 is 2.52 bits per heavy atom. The molecule has 0 saturated carbocycles. The van der Waals surface area contributed by atoms with Crippen LogP contribution in [0.5, 0.6) is 0 Å². The van der Waals surface area contributed by atoms with Gasteiger partial charge in [-0.15, -0.1) is 0 Å². The molecule has 29 heavy (non-hydrogen) atoms. The smallest absolute Gasteiger partial charge is 0.310 e. The minimum absolute atomic E-state index is 0.0238. The van der Waals surface area contributed by atoms with Crippen LogP contribution >= 0.6 is 0 Å². The number of ether oxygens (including phenoxy) is 1. The summed E-state index contributed by atoms with van der Waals surface area (Å²) in [5, 5.41) is 2.65. The van der Waals surface area contributed by atoms with Gasteiger partial charge in [-0.1, -0.05) is 24.3 Å². The Bertz CT molecular complexity index is 936. The zero-order chi connectivity index (χ0) is 20.8. The maximum Gasteiger partial charge on any atom is 0.310 e. The van der Waals surface area contributed by atoms with Gasteiger partial charge in [0.15, 0.2) is 12.4 Å². The number of rotatable bonds is 7. The molecular weight excluding hydrogens is 372 g/mol. The lowest BCUT2D eigenvalue weighted by Gasteiger charge is -2.16. The Morgan fingerprint density at radius 1 is 1.10 bits per heavy atom. The monoisotopic (exact) mass is 394 g/mol. The first-order valence-corrected chi connectivity index (χ1v) is 9.38. The molecule has 3 rings (SSSR count). The average Bonchev–Trinajstić information content (AvgIpc) is 3.13. The normalized spacial score (nSPS) is 13.3. The van der Waals surface area contributed by atoms with Gasteiger partial charge in [-0.05, 0) is 36.2 Å². The highest BCUT2D eigenvalue weighted by Gasteiger charge is 2.22. The summed E-state index contributed by atoms with van der Waals surface area (Å²) < 4.78 is 5.10. The fourth-order valence-electron chi connectivity index (χ4n) is 3.12. The summed E-state index contributed by atoms with van der Waals surface area (Å²) in [4.78, 5) is 49.0. The van der Waals surface area contributed by atoms with Gasteiger partial charge in [-0.2, -0.15) is 0 Å². The van der Waals surface area contributed by atoms with Crippen LogP contribution < -0.4 is 10.2 Å². The lowest BCUT2D eigenvalue weighted by molar-refractivity contribution is -0.141. The van der Waals surface area contributed by atoms with Crippen LogP contribution in [0.4, 0.5) is 11.4 Å². The topological polar surface area (TPSA) is 92.8 Å². The van der Waals surface area contributed by atoms with Crippen LogP contribution in [0.15, 0.2) is 48.5 Å². The number of benzene rings is 2. The largest absolute Gasteiger partial charge is 0.457 e. The highest BCUT2D eigenvalue weighted by molar-refractivity contribution is 6.01. The first-order chi connectivity index (χ1) is 13.9. The molecule has 150 valence electrons. The molecular formula is C22H22N2O5. The van der Waals surface area contributed by atoms with Crippen molar-refractivity contribution in [2.75, 3.05) is 23.4 Å². The minimum atomic E-state index is -0.517. The SMILES string of the molecule is CC(=O)Nc1ccc(CC(=O)OCC(=O)c2cccc(N3CCCC3=O)c2)cc1. The molecule has 0 aromatic heterocycles. The minimum Gasteiger partial charge on any atom is -0.457 e. The fourth-order valence-corrected chi connectivity index (χ4v) is 3.12. The van der Waals surface area contributed by atoms with Crippen LogP contribution in [0, 0.1) is 0 Å². The number of ketones is 1. The van der Waals surface area contributed by atoms with E-state index in [9.17, 15) is 19.2 Å². The van der Waals surface area contributed by atoms with E-state index in [2.05, 4.69) is 5.32 Å². The van der Waals surface area contributed by atoms with E-state index in [-0.39, 0.29) is 30.6 Å². The maximum atomic E-state index is 12.4. The van der Waals surface area contributed by atoms with E-state index in [0.717, 1.165) is 6.42 Å². The highest BCUT2D eigenvalue weighted by atomic mass is 16.5. The van der Waals surface area contributed by atoms with Crippen molar-refractivity contribution < 1.29 is 23.9 Å². The second-order valence-electron chi connectivity index (χ2n) is 6.84. The molecule has 1 fully saturated rings. The Hall–Kier alpha value is -3.48. The summed E-state index contributed by atoms with van der Waals surface area (Å²) in [5.41, 5.74) is 2.44. The van der Waals surface area contributed by atoms with Crippen molar-refractivity contribution in [3.05, 3.63) is 59.7 Å². The molecule has 1 N–H and O–H groups in total. The van der Waals surface area contributed by atoms with E-state index in [1.807, 2.05) is 0 Å². The number of carbonyl (C=O) groups is 4. The van der Waals surface area contributed by atoms with Crippen molar-refractivity contribution in [3.63, 3.8) is 0 Å². The molecule has 7 heteroatoms. The maximum absolute atomic E-state index is 12.4. The quantitative estimate of drug-likeness (QED) is 0.576. The van der Waals surface area contributed by atoms with E-state index >= 15 is 0 Å². The van der Waals surface area contributed by atoms with Gasteiger partial charge in [-0.25, -0.2) is 0 Å². The van der Waals surface area contributed by atoms with Gasteiger partial charge in [0.05, 0.1) is 6.42 Å². The Balaban J connectivity index is 1.53. The van der Waals surface area contributed by atoms with Gasteiger partial charge in [-0.3, -0.25) is 19.2 Å². The molecule has 0 radical (unpaired) electrons. The lowest BCUT2D eigenvalue weighted by Crippen LogP contribution is -2.24. The molecule has 0 spiro atoms. The van der Waals surface area contributed by atoms with Crippen molar-refractivity contribution in [3.8, 4) is 0 Å². The standard InChI is InChI=1S/C22H22N2O5/c1-15(25)23-18-9-7-16(8-10-18)12-22(28)29-14-20(26)17-4-2-5-19(13-17)24-11-3-6-21(24)27/h2,4-5,7-10,13H,3,6,11-12,14H2,1H3,(H,23,25). The molecule has 2 amide bonds. The van der Waals surface area contributed by atoms with Crippen LogP contribution in [0.3, 0.4) is 0 Å². The molecule has 1 saturated heterocycles. The van der Waals surface area contributed by atoms with Crippen molar-refractivity contribution in [1.29, 1.82) is 0 Å². The zero-order valence-electron chi connectivity index (χ0n) is 16.1. The summed E-state index contributed by atoms with van der Waals surface area (Å²) in [6.07, 6.45) is 1.35. The molecule has 1 aliphatic heterocycles.